The fraction of sp³-hybridized carbons (Fsp3) is 0.438. The van der Waals surface area contributed by atoms with E-state index in [1.165, 1.54) is 34.5 Å². The van der Waals surface area contributed by atoms with Crippen molar-refractivity contribution in [2.75, 3.05) is 6.54 Å². The number of nitrogens with one attached hydrogen (secondary N) is 1. The third kappa shape index (κ3) is 3.23. The van der Waals surface area contributed by atoms with E-state index in [0.717, 1.165) is 24.7 Å². The molecule has 1 N–H and O–H groups in total. The van der Waals surface area contributed by atoms with Crippen molar-refractivity contribution in [3.63, 3.8) is 0 Å². The van der Waals surface area contributed by atoms with Crippen molar-refractivity contribution < 1.29 is 0 Å². The van der Waals surface area contributed by atoms with Gasteiger partial charge in [-0.25, -0.2) is 4.98 Å². The summed E-state index contributed by atoms with van der Waals surface area (Å²) in [5, 5.41) is 6.95. The molecule has 2 aromatic rings. The highest BCUT2D eigenvalue weighted by molar-refractivity contribution is 7.09. The van der Waals surface area contributed by atoms with Crippen LogP contribution in [0.15, 0.2) is 23.6 Å². The molecule has 0 aliphatic heterocycles. The second-order valence-corrected chi connectivity index (χ2v) is 6.35. The van der Waals surface area contributed by atoms with Crippen LogP contribution in [0.25, 0.3) is 11.3 Å². The van der Waals surface area contributed by atoms with Crippen molar-refractivity contribution in [3.05, 3.63) is 39.7 Å². The summed E-state index contributed by atoms with van der Waals surface area (Å²) < 4.78 is 0. The maximum atomic E-state index is 4.75. The summed E-state index contributed by atoms with van der Waals surface area (Å²) in [5.41, 5.74) is 5.03. The van der Waals surface area contributed by atoms with E-state index < -0.39 is 0 Å². The predicted molar refractivity (Wildman–Crippen MR) is 81.8 cm³/mol. The number of hydrogen-bond acceptors (Lipinski definition) is 3. The van der Waals surface area contributed by atoms with Gasteiger partial charge >= 0.3 is 0 Å². The normalized spacial score (nSPS) is 14.8. The first-order valence-electron chi connectivity index (χ1n) is 6.98. The summed E-state index contributed by atoms with van der Waals surface area (Å²) in [6.07, 6.45) is 3.75. The Hall–Kier alpha value is -1.19. The molecule has 100 valence electrons. The van der Waals surface area contributed by atoms with Crippen LogP contribution >= 0.6 is 11.3 Å². The van der Waals surface area contributed by atoms with Crippen LogP contribution in [0.4, 0.5) is 0 Å². The Kier molecular flexibility index (Phi) is 3.67. The molecule has 1 aliphatic rings. The van der Waals surface area contributed by atoms with Gasteiger partial charge in [0.15, 0.2) is 0 Å². The van der Waals surface area contributed by atoms with Gasteiger partial charge < -0.3 is 5.32 Å². The molecule has 1 aromatic carbocycles. The van der Waals surface area contributed by atoms with E-state index in [1.807, 2.05) is 0 Å². The van der Waals surface area contributed by atoms with Crippen LogP contribution in [0.5, 0.6) is 0 Å². The second-order valence-electron chi connectivity index (χ2n) is 5.40. The summed E-state index contributed by atoms with van der Waals surface area (Å²) in [4.78, 5) is 4.75. The van der Waals surface area contributed by atoms with Crippen molar-refractivity contribution in [1.29, 1.82) is 0 Å². The van der Waals surface area contributed by atoms with Crippen LogP contribution in [0.1, 0.15) is 29.0 Å². The summed E-state index contributed by atoms with van der Waals surface area (Å²) in [5.74, 6) is 0. The summed E-state index contributed by atoms with van der Waals surface area (Å²) in [6.45, 7) is 5.37. The first-order chi connectivity index (χ1) is 9.22. The van der Waals surface area contributed by atoms with Gasteiger partial charge in [-0.05, 0) is 43.9 Å². The molecule has 0 amide bonds. The molecule has 0 spiro atoms. The maximum absolute atomic E-state index is 4.75. The van der Waals surface area contributed by atoms with Gasteiger partial charge in [-0.3, -0.25) is 0 Å². The number of nitrogens with zero attached hydrogens (tertiary/aromatic N) is 1. The number of hydrogen-bond donors (Lipinski definition) is 1. The quantitative estimate of drug-likeness (QED) is 0.897. The molecule has 1 aliphatic carbocycles. The standard InChI is InChI=1S/C16H20N2S/c1-11-3-4-13(9-12(11)2)15-10-19-16(18-15)7-8-17-14-5-6-14/h3-4,9-10,14,17H,5-8H2,1-2H3. The maximum Gasteiger partial charge on any atom is 0.0945 e. The minimum Gasteiger partial charge on any atom is -0.314 e. The van der Waals surface area contributed by atoms with Gasteiger partial charge in [0.2, 0.25) is 0 Å². The third-order valence-electron chi connectivity index (χ3n) is 3.70. The average molecular weight is 272 g/mol. The van der Waals surface area contributed by atoms with E-state index in [9.17, 15) is 0 Å². The SMILES string of the molecule is Cc1ccc(-c2csc(CCNC3CC3)n2)cc1C. The minimum absolute atomic E-state index is 0.791. The molecular weight excluding hydrogens is 252 g/mol. The Labute approximate surface area is 118 Å². The van der Waals surface area contributed by atoms with Crippen molar-refractivity contribution in [3.8, 4) is 11.3 Å². The molecule has 0 bridgehead atoms. The largest absolute Gasteiger partial charge is 0.314 e. The zero-order valence-corrected chi connectivity index (χ0v) is 12.4. The van der Waals surface area contributed by atoms with Gasteiger partial charge in [0.1, 0.15) is 0 Å². The second kappa shape index (κ2) is 5.43. The number of aryl methyl sites for hydroxylation is 2. The van der Waals surface area contributed by atoms with Gasteiger partial charge in [-0.1, -0.05) is 12.1 Å². The van der Waals surface area contributed by atoms with Crippen molar-refractivity contribution in [2.45, 2.75) is 39.2 Å². The molecule has 2 nitrogen and oxygen atoms in total. The third-order valence-corrected chi connectivity index (χ3v) is 4.61. The average Bonchev–Trinajstić information content (AvgIpc) is 3.10. The molecule has 3 heteroatoms. The zero-order chi connectivity index (χ0) is 13.2. The highest BCUT2D eigenvalue weighted by atomic mass is 32.1. The Balaban J connectivity index is 1.67. The summed E-state index contributed by atoms with van der Waals surface area (Å²) in [6, 6.07) is 7.37. The number of benzene rings is 1. The summed E-state index contributed by atoms with van der Waals surface area (Å²) in [7, 11) is 0. The predicted octanol–water partition coefficient (Wildman–Crippen LogP) is 3.72. The van der Waals surface area contributed by atoms with Crippen LogP contribution in [0, 0.1) is 13.8 Å². The molecule has 19 heavy (non-hydrogen) atoms. The lowest BCUT2D eigenvalue weighted by Crippen LogP contribution is -2.19. The Morgan fingerprint density at radius 3 is 2.84 bits per heavy atom. The van der Waals surface area contributed by atoms with Gasteiger partial charge in [0, 0.05) is 30.0 Å². The van der Waals surface area contributed by atoms with E-state index in [2.05, 4.69) is 42.7 Å². The first-order valence-corrected chi connectivity index (χ1v) is 7.86. The lowest BCUT2D eigenvalue weighted by atomic mass is 10.1. The van der Waals surface area contributed by atoms with Crippen LogP contribution in [-0.2, 0) is 6.42 Å². The molecule has 0 radical (unpaired) electrons. The molecular formula is C16H20N2S. The molecule has 3 rings (SSSR count). The van der Waals surface area contributed by atoms with Gasteiger partial charge in [-0.15, -0.1) is 11.3 Å². The smallest absolute Gasteiger partial charge is 0.0945 e. The zero-order valence-electron chi connectivity index (χ0n) is 11.6. The highest BCUT2D eigenvalue weighted by Gasteiger charge is 2.19. The lowest BCUT2D eigenvalue weighted by molar-refractivity contribution is 0.680. The molecule has 1 fully saturated rings. The van der Waals surface area contributed by atoms with Crippen molar-refractivity contribution in [1.82, 2.24) is 10.3 Å². The fourth-order valence-electron chi connectivity index (χ4n) is 2.13. The summed E-state index contributed by atoms with van der Waals surface area (Å²) >= 11 is 1.78. The number of aromatic nitrogens is 1. The molecule has 1 aromatic heterocycles. The lowest BCUT2D eigenvalue weighted by Gasteiger charge is -2.02. The van der Waals surface area contributed by atoms with E-state index in [-0.39, 0.29) is 0 Å². The Morgan fingerprint density at radius 2 is 2.11 bits per heavy atom. The monoisotopic (exact) mass is 272 g/mol. The fourth-order valence-corrected chi connectivity index (χ4v) is 2.94. The van der Waals surface area contributed by atoms with E-state index >= 15 is 0 Å². The van der Waals surface area contributed by atoms with Crippen molar-refractivity contribution in [2.24, 2.45) is 0 Å². The van der Waals surface area contributed by atoms with Crippen LogP contribution < -0.4 is 5.32 Å². The Morgan fingerprint density at radius 1 is 1.26 bits per heavy atom. The van der Waals surface area contributed by atoms with Crippen molar-refractivity contribution >= 4 is 11.3 Å². The number of thiazole rings is 1. The van der Waals surface area contributed by atoms with E-state index in [0.29, 0.717) is 0 Å². The minimum atomic E-state index is 0.791. The van der Waals surface area contributed by atoms with Crippen LogP contribution in [-0.4, -0.2) is 17.6 Å². The molecule has 1 saturated carbocycles. The van der Waals surface area contributed by atoms with Crippen LogP contribution in [0.2, 0.25) is 0 Å². The molecule has 1 heterocycles. The van der Waals surface area contributed by atoms with Gasteiger partial charge in [0.25, 0.3) is 0 Å². The van der Waals surface area contributed by atoms with Gasteiger partial charge in [-0.2, -0.15) is 0 Å². The molecule has 0 saturated heterocycles. The molecule has 0 atom stereocenters. The Bertz CT molecular complexity index is 570. The van der Waals surface area contributed by atoms with Gasteiger partial charge in [0.05, 0.1) is 10.7 Å². The topological polar surface area (TPSA) is 24.9 Å². The van der Waals surface area contributed by atoms with E-state index in [4.69, 9.17) is 4.98 Å². The van der Waals surface area contributed by atoms with Crippen LogP contribution in [0.3, 0.4) is 0 Å². The number of rotatable bonds is 5. The molecule has 0 unspecified atom stereocenters. The highest BCUT2D eigenvalue weighted by Crippen LogP contribution is 2.24. The first kappa shape index (κ1) is 12.8. The van der Waals surface area contributed by atoms with E-state index in [1.54, 1.807) is 11.3 Å².